The van der Waals surface area contributed by atoms with Crippen molar-refractivity contribution in [3.05, 3.63) is 36.3 Å². The van der Waals surface area contributed by atoms with Gasteiger partial charge in [0.05, 0.1) is 18.4 Å². The van der Waals surface area contributed by atoms with Crippen molar-refractivity contribution in [2.45, 2.75) is 63.6 Å². The summed E-state index contributed by atoms with van der Waals surface area (Å²) in [6.45, 7) is 4.54. The van der Waals surface area contributed by atoms with Gasteiger partial charge in [-0.3, -0.25) is 0 Å². The third kappa shape index (κ3) is 3.77. The Bertz CT molecular complexity index is 1200. The van der Waals surface area contributed by atoms with E-state index < -0.39 is 17.2 Å². The molecule has 0 bridgehead atoms. The molecule has 2 fully saturated rings. The largest absolute Gasteiger partial charge is 0.441 e. The molecule has 4 heterocycles. The van der Waals surface area contributed by atoms with E-state index in [4.69, 9.17) is 4.74 Å². The molecule has 1 aliphatic heterocycles. The summed E-state index contributed by atoms with van der Waals surface area (Å²) in [4.78, 5) is 29.7. The molecule has 3 aromatic heterocycles. The average molecular weight is 456 g/mol. The molecule has 1 aliphatic carbocycles. The van der Waals surface area contributed by atoms with Crippen molar-refractivity contribution in [2.24, 2.45) is 0 Å². The molecule has 10 heteroatoms. The van der Waals surface area contributed by atoms with Crippen molar-refractivity contribution in [3.63, 3.8) is 0 Å². The number of carbonyl (C=O) groups excluding carboxylic acids is 1. The molecule has 0 unspecified atom stereocenters. The van der Waals surface area contributed by atoms with Crippen molar-refractivity contribution >= 4 is 22.9 Å². The summed E-state index contributed by atoms with van der Waals surface area (Å²) >= 11 is 0. The lowest BCUT2D eigenvalue weighted by Crippen LogP contribution is -2.46. The van der Waals surface area contributed by atoms with Crippen molar-refractivity contribution < 1.29 is 18.3 Å². The minimum Gasteiger partial charge on any atom is -0.441 e. The molecule has 0 aromatic carbocycles. The molecule has 1 spiro atoms. The summed E-state index contributed by atoms with van der Waals surface area (Å²) in [6.07, 6.45) is 7.59. The number of halogens is 2. The van der Waals surface area contributed by atoms with Gasteiger partial charge in [-0.15, -0.1) is 0 Å². The Morgan fingerprint density at radius 3 is 2.94 bits per heavy atom. The molecule has 3 aromatic rings. The SMILES string of the molecule is CCN1C(=O)O[C@]2(CCCC[C@H](Nc3nc(-c4c[nH]c5ncc(F)cc45)ncc3F)C2)[C@H]1C. The second-order valence-corrected chi connectivity index (χ2v) is 8.83. The van der Waals surface area contributed by atoms with Crippen LogP contribution in [0, 0.1) is 11.6 Å². The molecule has 2 aliphatic rings. The first-order valence-corrected chi connectivity index (χ1v) is 11.3. The Labute approximate surface area is 189 Å². The molecule has 1 amide bonds. The van der Waals surface area contributed by atoms with E-state index in [1.54, 1.807) is 11.1 Å². The summed E-state index contributed by atoms with van der Waals surface area (Å²) in [6, 6.07) is 1.16. The second-order valence-electron chi connectivity index (χ2n) is 8.83. The number of H-pyrrole nitrogens is 1. The molecular weight excluding hydrogens is 430 g/mol. The molecule has 0 radical (unpaired) electrons. The van der Waals surface area contributed by atoms with E-state index in [1.165, 1.54) is 6.07 Å². The molecule has 3 atom stereocenters. The molecular formula is C23H26F2N6O2. The van der Waals surface area contributed by atoms with Gasteiger partial charge >= 0.3 is 6.09 Å². The summed E-state index contributed by atoms with van der Waals surface area (Å²) < 4.78 is 34.3. The molecule has 33 heavy (non-hydrogen) atoms. The predicted octanol–water partition coefficient (Wildman–Crippen LogP) is 4.64. The Kier molecular flexibility index (Phi) is 5.38. The van der Waals surface area contributed by atoms with Gasteiger partial charge in [-0.25, -0.2) is 28.5 Å². The van der Waals surface area contributed by atoms with E-state index in [0.717, 1.165) is 38.1 Å². The minimum atomic E-state index is -0.604. The Balaban J connectivity index is 1.43. The van der Waals surface area contributed by atoms with Gasteiger partial charge in [0.1, 0.15) is 17.1 Å². The first-order chi connectivity index (χ1) is 15.9. The number of hydrogen-bond acceptors (Lipinski definition) is 6. The standard InChI is InChI=1S/C23H26F2N6O2/c1-3-31-13(2)23(33-22(31)32)7-5-4-6-15(9-23)29-21-18(25)12-28-20(30-21)17-11-27-19-16(17)8-14(24)10-26-19/h8,10-13,15H,3-7,9H2,1-2H3,(H,26,27)(H,28,29,30)/t13-,15+,23+/m1/s1. The highest BCUT2D eigenvalue weighted by molar-refractivity contribution is 5.91. The van der Waals surface area contributed by atoms with E-state index in [9.17, 15) is 13.6 Å². The van der Waals surface area contributed by atoms with E-state index in [1.807, 2.05) is 13.8 Å². The van der Waals surface area contributed by atoms with Crippen molar-refractivity contribution in [3.8, 4) is 11.4 Å². The van der Waals surface area contributed by atoms with Crippen LogP contribution in [0.25, 0.3) is 22.4 Å². The quantitative estimate of drug-likeness (QED) is 0.594. The van der Waals surface area contributed by atoms with Crippen LogP contribution in [-0.4, -0.2) is 55.2 Å². The van der Waals surface area contributed by atoms with Crippen LogP contribution in [0.15, 0.2) is 24.7 Å². The summed E-state index contributed by atoms with van der Waals surface area (Å²) in [5.74, 6) is -0.717. The average Bonchev–Trinajstić information content (AvgIpc) is 3.22. The number of aromatic amines is 1. The topological polar surface area (TPSA) is 96.0 Å². The highest BCUT2D eigenvalue weighted by Crippen LogP contribution is 2.41. The maximum Gasteiger partial charge on any atom is 0.410 e. The van der Waals surface area contributed by atoms with Crippen molar-refractivity contribution in [2.75, 3.05) is 11.9 Å². The van der Waals surface area contributed by atoms with Gasteiger partial charge in [0.25, 0.3) is 0 Å². The van der Waals surface area contributed by atoms with E-state index in [2.05, 4.69) is 25.3 Å². The number of likely N-dealkylation sites (N-methyl/N-ethyl adjacent to an activating group) is 1. The van der Waals surface area contributed by atoms with E-state index >= 15 is 0 Å². The zero-order valence-corrected chi connectivity index (χ0v) is 18.6. The summed E-state index contributed by atoms with van der Waals surface area (Å²) in [5, 5.41) is 3.76. The van der Waals surface area contributed by atoms with Crippen LogP contribution in [0.3, 0.4) is 0 Å². The molecule has 1 saturated heterocycles. The van der Waals surface area contributed by atoms with Crippen LogP contribution in [0.1, 0.15) is 46.0 Å². The first kappa shape index (κ1) is 21.5. The molecule has 5 rings (SSSR count). The molecule has 2 N–H and O–H groups in total. The first-order valence-electron chi connectivity index (χ1n) is 11.3. The number of amides is 1. The number of carbonyl (C=O) groups is 1. The zero-order chi connectivity index (χ0) is 23.2. The van der Waals surface area contributed by atoms with Gasteiger partial charge in [-0.05, 0) is 39.2 Å². The van der Waals surface area contributed by atoms with E-state index in [-0.39, 0.29) is 29.8 Å². The van der Waals surface area contributed by atoms with Crippen molar-refractivity contribution in [1.29, 1.82) is 0 Å². The monoisotopic (exact) mass is 456 g/mol. The van der Waals surface area contributed by atoms with E-state index in [0.29, 0.717) is 29.6 Å². The third-order valence-corrected chi connectivity index (χ3v) is 6.91. The Hall–Kier alpha value is -3.30. The smallest absolute Gasteiger partial charge is 0.410 e. The minimum absolute atomic E-state index is 0.0585. The van der Waals surface area contributed by atoms with Crippen LogP contribution in [0.2, 0.25) is 0 Å². The maximum absolute atomic E-state index is 14.7. The van der Waals surface area contributed by atoms with Crippen LogP contribution < -0.4 is 5.32 Å². The zero-order valence-electron chi connectivity index (χ0n) is 18.6. The lowest BCUT2D eigenvalue weighted by Gasteiger charge is -2.34. The fraction of sp³-hybridized carbons (Fsp3) is 0.478. The maximum atomic E-state index is 14.7. The number of hydrogen-bond donors (Lipinski definition) is 2. The van der Waals surface area contributed by atoms with Crippen LogP contribution in [0.5, 0.6) is 0 Å². The lowest BCUT2D eigenvalue weighted by atomic mass is 9.86. The van der Waals surface area contributed by atoms with Crippen LogP contribution >= 0.6 is 0 Å². The van der Waals surface area contributed by atoms with Gasteiger partial charge in [0.2, 0.25) is 0 Å². The van der Waals surface area contributed by atoms with Gasteiger partial charge in [-0.1, -0.05) is 6.42 Å². The highest BCUT2D eigenvalue weighted by Gasteiger charge is 2.52. The Morgan fingerprint density at radius 1 is 1.30 bits per heavy atom. The fourth-order valence-corrected chi connectivity index (χ4v) is 5.15. The van der Waals surface area contributed by atoms with Gasteiger partial charge in [0, 0.05) is 36.2 Å². The molecule has 1 saturated carbocycles. The van der Waals surface area contributed by atoms with Crippen LogP contribution in [0.4, 0.5) is 19.4 Å². The lowest BCUT2D eigenvalue weighted by molar-refractivity contribution is 0.0227. The summed E-state index contributed by atoms with van der Waals surface area (Å²) in [7, 11) is 0. The summed E-state index contributed by atoms with van der Waals surface area (Å²) in [5.41, 5.74) is 0.430. The number of nitrogens with zero attached hydrogens (tertiary/aromatic N) is 4. The highest BCUT2D eigenvalue weighted by atomic mass is 19.1. The van der Waals surface area contributed by atoms with Crippen LogP contribution in [-0.2, 0) is 4.74 Å². The number of anilines is 1. The van der Waals surface area contributed by atoms with Gasteiger partial charge in [-0.2, -0.15) is 0 Å². The Morgan fingerprint density at radius 2 is 2.15 bits per heavy atom. The normalized spacial score (nSPS) is 25.5. The van der Waals surface area contributed by atoms with Gasteiger partial charge < -0.3 is 19.9 Å². The second kappa shape index (κ2) is 8.24. The number of aromatic nitrogens is 4. The third-order valence-electron chi connectivity index (χ3n) is 6.91. The predicted molar refractivity (Wildman–Crippen MR) is 119 cm³/mol. The molecule has 8 nitrogen and oxygen atoms in total. The number of pyridine rings is 1. The number of nitrogens with one attached hydrogen (secondary N) is 2. The number of ether oxygens (including phenoxy) is 1. The number of fused-ring (bicyclic) bond motifs is 1. The van der Waals surface area contributed by atoms with Crippen molar-refractivity contribution in [1.82, 2.24) is 24.8 Å². The fourth-order valence-electron chi connectivity index (χ4n) is 5.15. The molecule has 174 valence electrons. The van der Waals surface area contributed by atoms with Gasteiger partial charge in [0.15, 0.2) is 17.5 Å². The number of rotatable bonds is 4.